The standard InChI is InChI=1S/C36H41BrN4O5/c1-3-40(4-2)26-17-15-25(16-18-26)39-34(44)32-36-20-28(37)31(46-36)29(33(43)38-21-24-13-9-6-10-14-24)30(36)35(45)41(32)27(22-42)19-23-11-7-5-8-12-23/h5-18,27-32,42H,3-4,19-22H2,1-2H3,(H,38,43)(H,39,44)/t27-,28?,29-,30+,31-,32?,36?/m1/s1. The number of anilines is 2. The number of ether oxygens (including phenoxy) is 1. The maximum absolute atomic E-state index is 14.6. The molecule has 3 aromatic rings. The van der Waals surface area contributed by atoms with Gasteiger partial charge >= 0.3 is 0 Å². The van der Waals surface area contributed by atoms with Crippen LogP contribution in [0.2, 0.25) is 0 Å². The molecule has 3 unspecified atom stereocenters. The summed E-state index contributed by atoms with van der Waals surface area (Å²) in [5, 5.41) is 16.8. The first-order valence-electron chi connectivity index (χ1n) is 16.1. The van der Waals surface area contributed by atoms with Gasteiger partial charge in [0.15, 0.2) is 0 Å². The van der Waals surface area contributed by atoms with Crippen LogP contribution in [0.5, 0.6) is 0 Å². The van der Waals surface area contributed by atoms with Crippen molar-refractivity contribution in [1.29, 1.82) is 0 Å². The van der Waals surface area contributed by atoms with Crippen molar-refractivity contribution in [3.05, 3.63) is 96.1 Å². The Bertz CT molecular complexity index is 1540. The van der Waals surface area contributed by atoms with Crippen LogP contribution < -0.4 is 15.5 Å². The monoisotopic (exact) mass is 688 g/mol. The Labute approximate surface area is 278 Å². The maximum atomic E-state index is 14.6. The molecule has 2 bridgehead atoms. The summed E-state index contributed by atoms with van der Waals surface area (Å²) in [6, 6.07) is 25.1. The van der Waals surface area contributed by atoms with Crippen molar-refractivity contribution >= 4 is 45.0 Å². The molecule has 3 N–H and O–H groups in total. The summed E-state index contributed by atoms with van der Waals surface area (Å²) in [5.41, 5.74) is 2.27. The fraction of sp³-hybridized carbons (Fsp3) is 0.417. The van der Waals surface area contributed by atoms with Gasteiger partial charge in [-0.05, 0) is 62.1 Å². The summed E-state index contributed by atoms with van der Waals surface area (Å²) in [6.45, 7) is 5.88. The highest BCUT2D eigenvalue weighted by atomic mass is 79.9. The summed E-state index contributed by atoms with van der Waals surface area (Å²) in [5.74, 6) is -2.68. The van der Waals surface area contributed by atoms with E-state index in [9.17, 15) is 19.5 Å². The summed E-state index contributed by atoms with van der Waals surface area (Å²) in [6.07, 6.45) is 0.160. The second-order valence-electron chi connectivity index (χ2n) is 12.3. The zero-order valence-electron chi connectivity index (χ0n) is 26.1. The molecule has 46 heavy (non-hydrogen) atoms. The van der Waals surface area contributed by atoms with Gasteiger partial charge in [0.2, 0.25) is 17.7 Å². The van der Waals surface area contributed by atoms with Crippen LogP contribution in [-0.2, 0) is 32.1 Å². The predicted molar refractivity (Wildman–Crippen MR) is 180 cm³/mol. The van der Waals surface area contributed by atoms with E-state index in [0.717, 1.165) is 29.9 Å². The predicted octanol–water partition coefficient (Wildman–Crippen LogP) is 4.14. The molecule has 0 radical (unpaired) electrons. The normalized spacial score (nSPS) is 26.9. The van der Waals surface area contributed by atoms with Gasteiger partial charge in [-0.25, -0.2) is 0 Å². The molecule has 1 spiro atoms. The number of fused-ring (bicyclic) bond motifs is 1. The average molecular weight is 690 g/mol. The molecule has 0 aromatic heterocycles. The molecule has 0 saturated carbocycles. The number of amides is 3. The second kappa shape index (κ2) is 13.6. The van der Waals surface area contributed by atoms with Crippen LogP contribution in [0.1, 0.15) is 31.4 Å². The van der Waals surface area contributed by atoms with Crippen molar-refractivity contribution in [2.24, 2.45) is 11.8 Å². The van der Waals surface area contributed by atoms with Gasteiger partial charge in [0, 0.05) is 35.8 Å². The Kier molecular flexibility index (Phi) is 9.49. The van der Waals surface area contributed by atoms with E-state index in [2.05, 4.69) is 45.3 Å². The first kappa shape index (κ1) is 32.2. The summed E-state index contributed by atoms with van der Waals surface area (Å²) < 4.78 is 6.66. The largest absolute Gasteiger partial charge is 0.394 e. The summed E-state index contributed by atoms with van der Waals surface area (Å²) in [7, 11) is 0. The van der Waals surface area contributed by atoms with E-state index < -0.39 is 41.5 Å². The number of carbonyl (C=O) groups excluding carboxylic acids is 3. The van der Waals surface area contributed by atoms with Crippen molar-refractivity contribution in [2.75, 3.05) is 29.9 Å². The smallest absolute Gasteiger partial charge is 0.250 e. The van der Waals surface area contributed by atoms with Crippen molar-refractivity contribution in [3.8, 4) is 0 Å². The van der Waals surface area contributed by atoms with Crippen molar-refractivity contribution in [1.82, 2.24) is 10.2 Å². The minimum atomic E-state index is -1.24. The zero-order chi connectivity index (χ0) is 32.4. The number of hydrogen-bond donors (Lipinski definition) is 3. The molecule has 3 heterocycles. The lowest BCUT2D eigenvalue weighted by Crippen LogP contribution is -2.57. The van der Waals surface area contributed by atoms with Crippen LogP contribution in [0.15, 0.2) is 84.9 Å². The third-order valence-corrected chi connectivity index (χ3v) is 10.6. The molecule has 10 heteroatoms. The van der Waals surface area contributed by atoms with Crippen molar-refractivity contribution in [2.45, 2.75) is 61.8 Å². The zero-order valence-corrected chi connectivity index (χ0v) is 27.7. The summed E-state index contributed by atoms with van der Waals surface area (Å²) in [4.78, 5) is 46.3. The highest BCUT2D eigenvalue weighted by molar-refractivity contribution is 9.09. The highest BCUT2D eigenvalue weighted by Gasteiger charge is 2.77. The molecule has 0 aliphatic carbocycles. The average Bonchev–Trinajstić information content (AvgIpc) is 3.68. The van der Waals surface area contributed by atoms with Crippen LogP contribution in [0, 0.1) is 11.8 Å². The van der Waals surface area contributed by atoms with Crippen molar-refractivity contribution < 1.29 is 24.2 Å². The number of likely N-dealkylation sites (tertiary alicyclic amines) is 1. The Morgan fingerprint density at radius 1 is 0.978 bits per heavy atom. The van der Waals surface area contributed by atoms with E-state index in [1.165, 1.54) is 4.90 Å². The fourth-order valence-corrected chi connectivity index (χ4v) is 8.60. The first-order valence-corrected chi connectivity index (χ1v) is 17.0. The van der Waals surface area contributed by atoms with Gasteiger partial charge in [-0.2, -0.15) is 0 Å². The van der Waals surface area contributed by atoms with Gasteiger partial charge in [0.1, 0.15) is 11.6 Å². The van der Waals surface area contributed by atoms with E-state index in [1.807, 2.05) is 84.9 Å². The molecule has 7 atom stereocenters. The summed E-state index contributed by atoms with van der Waals surface area (Å²) >= 11 is 3.74. The lowest BCUT2D eigenvalue weighted by Gasteiger charge is -2.37. The lowest BCUT2D eigenvalue weighted by atomic mass is 9.70. The minimum absolute atomic E-state index is 0.227. The van der Waals surface area contributed by atoms with Gasteiger partial charge in [-0.1, -0.05) is 76.6 Å². The number of nitrogens with one attached hydrogen (secondary N) is 2. The molecule has 3 fully saturated rings. The molecule has 3 aliphatic heterocycles. The maximum Gasteiger partial charge on any atom is 0.250 e. The van der Waals surface area contributed by atoms with Crippen molar-refractivity contribution in [3.63, 3.8) is 0 Å². The second-order valence-corrected chi connectivity index (χ2v) is 13.5. The topological polar surface area (TPSA) is 111 Å². The van der Waals surface area contributed by atoms with Gasteiger partial charge in [0.05, 0.1) is 30.6 Å². The number of halogens is 1. The number of benzene rings is 3. The Hall–Kier alpha value is -3.73. The number of aliphatic hydroxyl groups is 1. The number of nitrogens with zero attached hydrogens (tertiary/aromatic N) is 2. The van der Waals surface area contributed by atoms with Crippen LogP contribution in [0.25, 0.3) is 0 Å². The first-order chi connectivity index (χ1) is 22.3. The van der Waals surface area contributed by atoms with Gasteiger partial charge in [-0.15, -0.1) is 0 Å². The Balaban J connectivity index is 1.33. The third kappa shape index (κ3) is 5.82. The van der Waals surface area contributed by atoms with E-state index >= 15 is 0 Å². The molecule has 3 saturated heterocycles. The van der Waals surface area contributed by atoms with E-state index in [4.69, 9.17) is 4.74 Å². The van der Waals surface area contributed by atoms with Crippen LogP contribution in [0.4, 0.5) is 11.4 Å². The molecule has 3 aromatic carbocycles. The number of hydrogen-bond acceptors (Lipinski definition) is 6. The quantitative estimate of drug-likeness (QED) is 0.247. The number of rotatable bonds is 12. The molecule has 6 rings (SSSR count). The molecule has 3 aliphatic rings. The Morgan fingerprint density at radius 2 is 1.61 bits per heavy atom. The van der Waals surface area contributed by atoms with Crippen LogP contribution in [-0.4, -0.2) is 76.0 Å². The third-order valence-electron chi connectivity index (χ3n) is 9.77. The van der Waals surface area contributed by atoms with Crippen LogP contribution >= 0.6 is 15.9 Å². The van der Waals surface area contributed by atoms with Crippen LogP contribution in [0.3, 0.4) is 0 Å². The number of aliphatic hydroxyl groups excluding tert-OH is 1. The van der Waals surface area contributed by atoms with E-state index in [0.29, 0.717) is 25.1 Å². The highest BCUT2D eigenvalue weighted by Crippen LogP contribution is 2.60. The molecular weight excluding hydrogens is 648 g/mol. The van der Waals surface area contributed by atoms with Gasteiger partial charge in [0.25, 0.3) is 0 Å². The molecule has 242 valence electrons. The SMILES string of the molecule is CCN(CC)c1ccc(NC(=O)C2N([C@@H](CO)Cc3ccccc3)C(=O)[C@@H]3[C@@H](C(=O)NCc4ccccc4)[C@@H]4OC23CC4Br)cc1. The fourth-order valence-electron chi connectivity index (χ4n) is 7.65. The Morgan fingerprint density at radius 3 is 2.22 bits per heavy atom. The van der Waals surface area contributed by atoms with Gasteiger partial charge in [-0.3, -0.25) is 14.4 Å². The van der Waals surface area contributed by atoms with E-state index in [1.54, 1.807) is 0 Å². The molecular formula is C36H41BrN4O5. The number of alkyl halides is 1. The minimum Gasteiger partial charge on any atom is -0.394 e. The van der Waals surface area contributed by atoms with E-state index in [-0.39, 0.29) is 23.2 Å². The van der Waals surface area contributed by atoms with Gasteiger partial charge < -0.3 is 30.3 Å². The molecule has 9 nitrogen and oxygen atoms in total. The molecule has 3 amide bonds. The lowest BCUT2D eigenvalue weighted by molar-refractivity contribution is -0.144. The number of carbonyl (C=O) groups is 3.